The maximum absolute atomic E-state index is 12.5. The van der Waals surface area contributed by atoms with E-state index in [0.29, 0.717) is 17.0 Å². The summed E-state index contributed by atoms with van der Waals surface area (Å²) in [6.45, 7) is 1.53. The maximum atomic E-state index is 12.5. The van der Waals surface area contributed by atoms with E-state index in [0.717, 1.165) is 29.9 Å². The lowest BCUT2D eigenvalue weighted by Gasteiger charge is -2.57. The van der Waals surface area contributed by atoms with Crippen LogP contribution in [0, 0.1) is 23.2 Å². The molecule has 0 N–H and O–H groups in total. The van der Waals surface area contributed by atoms with E-state index in [-0.39, 0.29) is 12.2 Å². The van der Waals surface area contributed by atoms with Crippen molar-refractivity contribution in [2.45, 2.75) is 44.6 Å². The lowest BCUT2D eigenvalue weighted by atomic mass is 9.49. The highest BCUT2D eigenvalue weighted by atomic mass is 35.5. The second kappa shape index (κ2) is 5.39. The van der Waals surface area contributed by atoms with Gasteiger partial charge in [0.25, 0.3) is 0 Å². The Morgan fingerprint density at radius 1 is 1.08 bits per heavy atom. The van der Waals surface area contributed by atoms with Gasteiger partial charge in [0.1, 0.15) is 6.10 Å². The standard InChI is InChI=1S/C20H24ClNO2/c21-17-4-2-1-3-16(17)18-11-22(19(23)24-18)12-20-8-13-5-14(9-20)7-15(6-13)10-20/h1-4,13-15,18H,5-12H2/t13?,14?,15?,18-,20?/m1/s1. The van der Waals surface area contributed by atoms with Crippen molar-refractivity contribution in [3.05, 3.63) is 34.9 Å². The molecule has 1 aromatic rings. The molecular weight excluding hydrogens is 322 g/mol. The largest absolute Gasteiger partial charge is 0.439 e. The third-order valence-electron chi connectivity index (χ3n) is 6.83. The molecule has 1 aliphatic heterocycles. The SMILES string of the molecule is O=C1O[C@@H](c2ccccc2Cl)CN1CC12CC3CC(CC(C3)C1)C2. The number of carbonyl (C=O) groups is 1. The molecule has 4 heteroatoms. The van der Waals surface area contributed by atoms with Crippen LogP contribution in [-0.4, -0.2) is 24.1 Å². The number of rotatable bonds is 3. The van der Waals surface area contributed by atoms with Crippen molar-refractivity contribution >= 4 is 17.7 Å². The van der Waals surface area contributed by atoms with E-state index in [4.69, 9.17) is 16.3 Å². The minimum Gasteiger partial charge on any atom is -0.439 e. The van der Waals surface area contributed by atoms with Crippen LogP contribution in [0.2, 0.25) is 5.02 Å². The molecule has 128 valence electrons. The van der Waals surface area contributed by atoms with Gasteiger partial charge in [-0.2, -0.15) is 0 Å². The van der Waals surface area contributed by atoms with E-state index in [1.807, 2.05) is 29.2 Å². The fourth-order valence-electron chi connectivity index (χ4n) is 6.42. The second-order valence-corrected chi connectivity index (χ2v) is 9.10. The molecule has 0 aromatic heterocycles. The van der Waals surface area contributed by atoms with Crippen LogP contribution >= 0.6 is 11.6 Å². The van der Waals surface area contributed by atoms with Gasteiger partial charge in [0.2, 0.25) is 0 Å². The molecule has 5 fully saturated rings. The summed E-state index contributed by atoms with van der Waals surface area (Å²) in [7, 11) is 0. The molecule has 4 saturated carbocycles. The van der Waals surface area contributed by atoms with Crippen LogP contribution in [0.25, 0.3) is 0 Å². The Kier molecular flexibility index (Phi) is 3.38. The lowest BCUT2D eigenvalue weighted by molar-refractivity contribution is -0.0627. The zero-order chi connectivity index (χ0) is 16.3. The smallest absolute Gasteiger partial charge is 0.410 e. The van der Waals surface area contributed by atoms with Crippen molar-refractivity contribution in [3.8, 4) is 0 Å². The van der Waals surface area contributed by atoms with Crippen LogP contribution in [0.1, 0.15) is 50.2 Å². The molecule has 1 atom stereocenters. The number of carbonyl (C=O) groups excluding carboxylic acids is 1. The zero-order valence-electron chi connectivity index (χ0n) is 13.9. The monoisotopic (exact) mass is 345 g/mol. The first-order chi connectivity index (χ1) is 11.6. The van der Waals surface area contributed by atoms with Crippen LogP contribution in [0.4, 0.5) is 4.79 Å². The Balaban J connectivity index is 1.33. The molecule has 1 saturated heterocycles. The summed E-state index contributed by atoms with van der Waals surface area (Å²) >= 11 is 6.29. The van der Waals surface area contributed by atoms with Gasteiger partial charge >= 0.3 is 6.09 Å². The topological polar surface area (TPSA) is 29.5 Å². The fourth-order valence-corrected chi connectivity index (χ4v) is 6.68. The second-order valence-electron chi connectivity index (χ2n) is 8.69. The van der Waals surface area contributed by atoms with Gasteiger partial charge in [-0.1, -0.05) is 29.8 Å². The average Bonchev–Trinajstić information content (AvgIpc) is 2.86. The maximum Gasteiger partial charge on any atom is 0.410 e. The molecule has 1 heterocycles. The van der Waals surface area contributed by atoms with E-state index in [1.165, 1.54) is 38.5 Å². The summed E-state index contributed by atoms with van der Waals surface area (Å²) in [6, 6.07) is 7.70. The number of hydrogen-bond acceptors (Lipinski definition) is 2. The number of ether oxygens (including phenoxy) is 1. The van der Waals surface area contributed by atoms with E-state index in [9.17, 15) is 4.79 Å². The molecule has 0 radical (unpaired) electrons. The molecule has 5 aliphatic rings. The Morgan fingerprint density at radius 3 is 2.33 bits per heavy atom. The van der Waals surface area contributed by atoms with Crippen LogP contribution in [0.5, 0.6) is 0 Å². The van der Waals surface area contributed by atoms with E-state index >= 15 is 0 Å². The van der Waals surface area contributed by atoms with Gasteiger partial charge in [-0.3, -0.25) is 0 Å². The molecule has 0 spiro atoms. The molecule has 3 nitrogen and oxygen atoms in total. The molecule has 1 aromatic carbocycles. The number of benzene rings is 1. The summed E-state index contributed by atoms with van der Waals surface area (Å²) in [5, 5.41) is 0.687. The quantitative estimate of drug-likeness (QED) is 0.767. The number of halogens is 1. The van der Waals surface area contributed by atoms with Crippen molar-refractivity contribution < 1.29 is 9.53 Å². The molecule has 1 amide bonds. The van der Waals surface area contributed by atoms with Crippen LogP contribution < -0.4 is 0 Å². The van der Waals surface area contributed by atoms with Gasteiger partial charge in [0, 0.05) is 17.1 Å². The Morgan fingerprint density at radius 2 is 1.71 bits per heavy atom. The number of cyclic esters (lactones) is 1. The summed E-state index contributed by atoms with van der Waals surface area (Å²) in [5.41, 5.74) is 1.30. The Hall–Kier alpha value is -1.22. The third-order valence-corrected chi connectivity index (χ3v) is 7.18. The van der Waals surface area contributed by atoms with E-state index < -0.39 is 0 Å². The highest BCUT2D eigenvalue weighted by molar-refractivity contribution is 6.31. The van der Waals surface area contributed by atoms with Gasteiger partial charge < -0.3 is 9.64 Å². The van der Waals surface area contributed by atoms with Gasteiger partial charge in [-0.25, -0.2) is 4.79 Å². The van der Waals surface area contributed by atoms with E-state index in [2.05, 4.69) is 0 Å². The predicted molar refractivity (Wildman–Crippen MR) is 92.9 cm³/mol. The van der Waals surface area contributed by atoms with Gasteiger partial charge in [-0.15, -0.1) is 0 Å². The summed E-state index contributed by atoms with van der Waals surface area (Å²) in [6.07, 6.45) is 7.89. The highest BCUT2D eigenvalue weighted by Crippen LogP contribution is 2.60. The van der Waals surface area contributed by atoms with E-state index in [1.54, 1.807) is 0 Å². The average molecular weight is 346 g/mol. The zero-order valence-corrected chi connectivity index (χ0v) is 14.7. The Labute approximate surface area is 148 Å². The van der Waals surface area contributed by atoms with Crippen LogP contribution in [0.15, 0.2) is 24.3 Å². The number of amides is 1. The van der Waals surface area contributed by atoms with Crippen molar-refractivity contribution in [2.75, 3.05) is 13.1 Å². The minimum atomic E-state index is -0.222. The van der Waals surface area contributed by atoms with Crippen molar-refractivity contribution in [1.82, 2.24) is 4.90 Å². The minimum absolute atomic E-state index is 0.157. The fraction of sp³-hybridized carbons (Fsp3) is 0.650. The number of nitrogens with zero attached hydrogens (tertiary/aromatic N) is 1. The first kappa shape index (κ1) is 15.1. The summed E-state index contributed by atoms with van der Waals surface area (Å²) in [4.78, 5) is 14.4. The predicted octanol–water partition coefficient (Wildman–Crippen LogP) is 5.05. The molecule has 0 unspecified atom stereocenters. The molecule has 4 aliphatic carbocycles. The Bertz CT molecular complexity index is 638. The molecule has 6 rings (SSSR count). The first-order valence-electron chi connectivity index (χ1n) is 9.30. The van der Waals surface area contributed by atoms with Crippen molar-refractivity contribution in [2.24, 2.45) is 23.2 Å². The first-order valence-corrected chi connectivity index (χ1v) is 9.68. The van der Waals surface area contributed by atoms with Gasteiger partial charge in [0.15, 0.2) is 0 Å². The van der Waals surface area contributed by atoms with Gasteiger partial charge in [-0.05, 0) is 67.8 Å². The van der Waals surface area contributed by atoms with Crippen molar-refractivity contribution in [1.29, 1.82) is 0 Å². The highest BCUT2D eigenvalue weighted by Gasteiger charge is 2.52. The third kappa shape index (κ3) is 2.44. The molecular formula is C20H24ClNO2. The van der Waals surface area contributed by atoms with Crippen molar-refractivity contribution in [3.63, 3.8) is 0 Å². The molecule has 4 bridgehead atoms. The lowest BCUT2D eigenvalue weighted by Crippen LogP contribution is -2.51. The molecule has 24 heavy (non-hydrogen) atoms. The van der Waals surface area contributed by atoms with Crippen LogP contribution in [0.3, 0.4) is 0 Å². The number of hydrogen-bond donors (Lipinski definition) is 0. The van der Waals surface area contributed by atoms with Crippen LogP contribution in [-0.2, 0) is 4.74 Å². The summed E-state index contributed by atoms with van der Waals surface area (Å²) in [5.74, 6) is 2.73. The summed E-state index contributed by atoms with van der Waals surface area (Å²) < 4.78 is 5.66. The normalized spacial score (nSPS) is 40.2. The van der Waals surface area contributed by atoms with Gasteiger partial charge in [0.05, 0.1) is 6.54 Å².